The Labute approximate surface area is 160 Å². The van der Waals surface area contributed by atoms with Crippen LogP contribution in [0, 0.1) is 13.8 Å². The predicted molar refractivity (Wildman–Crippen MR) is 103 cm³/mol. The van der Waals surface area contributed by atoms with Gasteiger partial charge < -0.3 is 4.74 Å². The number of rotatable bonds is 4. The minimum absolute atomic E-state index is 0.104. The van der Waals surface area contributed by atoms with Gasteiger partial charge in [-0.15, -0.1) is 0 Å². The van der Waals surface area contributed by atoms with Gasteiger partial charge in [0.25, 0.3) is 0 Å². The molecule has 0 bridgehead atoms. The van der Waals surface area contributed by atoms with Crippen LogP contribution in [0.2, 0.25) is 0 Å². The molecule has 0 spiro atoms. The molecule has 0 radical (unpaired) electrons. The summed E-state index contributed by atoms with van der Waals surface area (Å²) < 4.78 is 35.2. The van der Waals surface area contributed by atoms with E-state index < -0.39 is 10.0 Å². The van der Waals surface area contributed by atoms with E-state index >= 15 is 0 Å². The zero-order chi connectivity index (χ0) is 19.2. The number of H-pyrrole nitrogens is 1. The molecule has 0 unspecified atom stereocenters. The summed E-state index contributed by atoms with van der Waals surface area (Å²) in [6, 6.07) is 3.87. The largest absolute Gasteiger partial charge is 0.376 e. The van der Waals surface area contributed by atoms with E-state index in [2.05, 4.69) is 26.7 Å². The fourth-order valence-corrected chi connectivity index (χ4v) is 5.58. The molecule has 0 saturated carbocycles. The van der Waals surface area contributed by atoms with Gasteiger partial charge in [0.1, 0.15) is 0 Å². The molecule has 7 nitrogen and oxygen atoms in total. The van der Waals surface area contributed by atoms with Gasteiger partial charge in [-0.2, -0.15) is 5.10 Å². The van der Waals surface area contributed by atoms with Crippen LogP contribution in [0.5, 0.6) is 0 Å². The molecule has 27 heavy (non-hydrogen) atoms. The molecule has 4 rings (SSSR count). The molecule has 3 heterocycles. The Morgan fingerprint density at radius 3 is 2.78 bits per heavy atom. The van der Waals surface area contributed by atoms with Crippen molar-refractivity contribution in [3.63, 3.8) is 0 Å². The van der Waals surface area contributed by atoms with Gasteiger partial charge in [0, 0.05) is 42.5 Å². The number of ether oxygens (including phenoxy) is 1. The smallest absolute Gasteiger partial charge is 0.241 e. The molecule has 2 N–H and O–H groups in total. The molecule has 0 aliphatic carbocycles. The van der Waals surface area contributed by atoms with E-state index in [-0.39, 0.29) is 12.1 Å². The fourth-order valence-electron chi connectivity index (χ4n) is 4.04. The number of nitrogens with zero attached hydrogens (tertiary/aromatic N) is 2. The first kappa shape index (κ1) is 18.6. The normalized spacial score (nSPS) is 26.3. The number of fused-ring (bicyclic) bond motifs is 1. The second-order valence-corrected chi connectivity index (χ2v) is 9.41. The number of benzene rings is 1. The van der Waals surface area contributed by atoms with Crippen LogP contribution in [0.3, 0.4) is 0 Å². The average Bonchev–Trinajstić information content (AvgIpc) is 3.25. The number of aromatic nitrogens is 2. The molecule has 0 amide bonds. The molecule has 1 aromatic heterocycles. The summed E-state index contributed by atoms with van der Waals surface area (Å²) >= 11 is 0. The number of nitrogens with one attached hydrogen (secondary N) is 2. The molecule has 1 aromatic carbocycles. The zero-order valence-corrected chi connectivity index (χ0v) is 16.7. The standard InChI is InChI=1S/C19H26N4O3S/c1-12-4-18(15-7-20-21-8-15)19(5-13(12)2)27(24,25)22-16-6-17-11-26-14(3)9-23(17)10-16/h4-5,7-8,14,16-17,22H,6,9-11H2,1-3H3,(H,20,21)/t14-,16+,17+/m1/s1. The lowest BCUT2D eigenvalue weighted by Gasteiger charge is -2.33. The van der Waals surface area contributed by atoms with Gasteiger partial charge in [0.2, 0.25) is 10.0 Å². The molecule has 146 valence electrons. The van der Waals surface area contributed by atoms with E-state index in [9.17, 15) is 8.42 Å². The summed E-state index contributed by atoms with van der Waals surface area (Å²) in [6.45, 7) is 8.22. The molecule has 2 aliphatic rings. The Hall–Kier alpha value is -1.74. The van der Waals surface area contributed by atoms with Crippen molar-refractivity contribution in [2.45, 2.75) is 50.3 Å². The third kappa shape index (κ3) is 3.67. The van der Waals surface area contributed by atoms with Gasteiger partial charge in [0.15, 0.2) is 0 Å². The Kier molecular flexibility index (Phi) is 4.84. The number of aromatic amines is 1. The lowest BCUT2D eigenvalue weighted by atomic mass is 10.0. The molecule has 2 aromatic rings. The number of hydrogen-bond donors (Lipinski definition) is 2. The highest BCUT2D eigenvalue weighted by Crippen LogP contribution is 2.31. The van der Waals surface area contributed by atoms with Crippen LogP contribution in [0.1, 0.15) is 24.5 Å². The first-order valence-electron chi connectivity index (χ1n) is 9.32. The third-order valence-corrected chi connectivity index (χ3v) is 7.17. The van der Waals surface area contributed by atoms with Crippen LogP contribution >= 0.6 is 0 Å². The zero-order valence-electron chi connectivity index (χ0n) is 15.9. The van der Waals surface area contributed by atoms with Crippen molar-refractivity contribution in [1.29, 1.82) is 0 Å². The fraction of sp³-hybridized carbons (Fsp3) is 0.526. The monoisotopic (exact) mass is 390 g/mol. The van der Waals surface area contributed by atoms with E-state index in [1.165, 1.54) is 0 Å². The topological polar surface area (TPSA) is 87.3 Å². The summed E-state index contributed by atoms with van der Waals surface area (Å²) in [5.41, 5.74) is 3.44. The number of sulfonamides is 1. The number of aryl methyl sites for hydroxylation is 2. The van der Waals surface area contributed by atoms with Gasteiger partial charge in [0.05, 0.1) is 23.8 Å². The van der Waals surface area contributed by atoms with Crippen molar-refractivity contribution < 1.29 is 13.2 Å². The highest BCUT2D eigenvalue weighted by molar-refractivity contribution is 7.89. The van der Waals surface area contributed by atoms with Gasteiger partial charge in [-0.05, 0) is 50.5 Å². The quantitative estimate of drug-likeness (QED) is 0.832. The van der Waals surface area contributed by atoms with E-state index in [0.29, 0.717) is 23.1 Å². The van der Waals surface area contributed by atoms with Crippen molar-refractivity contribution in [3.05, 3.63) is 35.7 Å². The Morgan fingerprint density at radius 2 is 2.04 bits per heavy atom. The van der Waals surface area contributed by atoms with E-state index in [4.69, 9.17) is 4.74 Å². The van der Waals surface area contributed by atoms with Crippen LogP contribution in [-0.2, 0) is 14.8 Å². The average molecular weight is 391 g/mol. The van der Waals surface area contributed by atoms with Crippen LogP contribution in [0.15, 0.2) is 29.4 Å². The van der Waals surface area contributed by atoms with E-state index in [1.807, 2.05) is 19.9 Å². The number of morpholine rings is 1. The van der Waals surface area contributed by atoms with Crippen LogP contribution in [0.25, 0.3) is 11.1 Å². The molecule has 2 aliphatic heterocycles. The second kappa shape index (κ2) is 7.01. The summed E-state index contributed by atoms with van der Waals surface area (Å²) in [7, 11) is -3.66. The van der Waals surface area contributed by atoms with Gasteiger partial charge >= 0.3 is 0 Å². The van der Waals surface area contributed by atoms with Gasteiger partial charge in [-0.1, -0.05) is 0 Å². The summed E-state index contributed by atoms with van der Waals surface area (Å²) in [6.07, 6.45) is 4.34. The SMILES string of the molecule is Cc1cc(-c2cn[nH]c2)c(S(=O)(=O)N[C@H]2C[C@H]3CO[C@H](C)CN3C2)cc1C. The van der Waals surface area contributed by atoms with E-state index in [1.54, 1.807) is 18.5 Å². The van der Waals surface area contributed by atoms with Crippen molar-refractivity contribution in [1.82, 2.24) is 19.8 Å². The molecule has 2 fully saturated rings. The first-order valence-corrected chi connectivity index (χ1v) is 10.8. The van der Waals surface area contributed by atoms with Crippen molar-refractivity contribution in [3.8, 4) is 11.1 Å². The maximum atomic E-state index is 13.2. The van der Waals surface area contributed by atoms with Crippen LogP contribution < -0.4 is 4.72 Å². The lowest BCUT2D eigenvalue weighted by molar-refractivity contribution is -0.0390. The Morgan fingerprint density at radius 1 is 1.26 bits per heavy atom. The molecular weight excluding hydrogens is 364 g/mol. The highest BCUT2D eigenvalue weighted by Gasteiger charge is 2.38. The van der Waals surface area contributed by atoms with Crippen molar-refractivity contribution in [2.75, 3.05) is 19.7 Å². The van der Waals surface area contributed by atoms with Crippen molar-refractivity contribution in [2.24, 2.45) is 0 Å². The minimum atomic E-state index is -3.66. The predicted octanol–water partition coefficient (Wildman–Crippen LogP) is 1.83. The van der Waals surface area contributed by atoms with Gasteiger partial charge in [-0.25, -0.2) is 13.1 Å². The summed E-state index contributed by atoms with van der Waals surface area (Å²) in [4.78, 5) is 2.64. The van der Waals surface area contributed by atoms with Crippen LogP contribution in [0.4, 0.5) is 0 Å². The molecule has 8 heteroatoms. The summed E-state index contributed by atoms with van der Waals surface area (Å²) in [5.74, 6) is 0. The highest BCUT2D eigenvalue weighted by atomic mass is 32.2. The van der Waals surface area contributed by atoms with E-state index in [0.717, 1.165) is 36.2 Å². The summed E-state index contributed by atoms with van der Waals surface area (Å²) in [5, 5.41) is 6.74. The minimum Gasteiger partial charge on any atom is -0.376 e. The molecular formula is C19H26N4O3S. The second-order valence-electron chi connectivity index (χ2n) is 7.73. The third-order valence-electron chi connectivity index (χ3n) is 5.61. The molecule has 2 saturated heterocycles. The van der Waals surface area contributed by atoms with Gasteiger partial charge in [-0.3, -0.25) is 10.00 Å². The molecule has 3 atom stereocenters. The maximum Gasteiger partial charge on any atom is 0.241 e. The Balaban J connectivity index is 1.62. The van der Waals surface area contributed by atoms with Crippen molar-refractivity contribution >= 4 is 10.0 Å². The Bertz CT molecular complexity index is 927. The first-order chi connectivity index (χ1) is 12.8. The van der Waals surface area contributed by atoms with Crippen LogP contribution in [-0.4, -0.2) is 61.4 Å². The number of hydrogen-bond acceptors (Lipinski definition) is 5. The maximum absolute atomic E-state index is 13.2. The lowest BCUT2D eigenvalue weighted by Crippen LogP contribution is -2.45.